The third kappa shape index (κ3) is 2.54. The van der Waals surface area contributed by atoms with E-state index in [2.05, 4.69) is 0 Å². The number of aliphatic hydroxyl groups excluding tert-OH is 1. The predicted octanol–water partition coefficient (Wildman–Crippen LogP) is 0.153. The number of carbonyl (C=O) groups excluding carboxylic acids is 2. The minimum Gasteiger partial charge on any atom is -0.502 e. The summed E-state index contributed by atoms with van der Waals surface area (Å²) in [6.07, 6.45) is 0. The quantitative estimate of drug-likeness (QED) is 0.562. The van der Waals surface area contributed by atoms with Crippen molar-refractivity contribution in [3.05, 3.63) is 17.7 Å². The van der Waals surface area contributed by atoms with E-state index in [0.29, 0.717) is 0 Å². The van der Waals surface area contributed by atoms with Gasteiger partial charge in [-0.05, 0) is 12.1 Å². The van der Waals surface area contributed by atoms with Crippen molar-refractivity contribution in [3.8, 4) is 17.2 Å². The molecule has 0 saturated carbocycles. The van der Waals surface area contributed by atoms with Gasteiger partial charge in [-0.1, -0.05) is 0 Å². The molecule has 0 saturated heterocycles. The highest BCUT2D eigenvalue weighted by Gasteiger charge is 2.20. The van der Waals surface area contributed by atoms with Crippen LogP contribution in [0.3, 0.4) is 0 Å². The summed E-state index contributed by atoms with van der Waals surface area (Å²) in [5.41, 5.74) is -0.0180. The number of aliphatic hydroxyl groups is 1. The second kappa shape index (κ2) is 5.31. The molecule has 17 heavy (non-hydrogen) atoms. The summed E-state index contributed by atoms with van der Waals surface area (Å²) >= 11 is 0. The Labute approximate surface area is 97.4 Å². The molecule has 0 aliphatic carbocycles. The Morgan fingerprint density at radius 2 is 1.65 bits per heavy atom. The molecule has 6 nitrogen and oxygen atoms in total. The third-order valence-electron chi connectivity index (χ3n) is 2.14. The van der Waals surface area contributed by atoms with Gasteiger partial charge in [-0.25, -0.2) is 0 Å². The maximum atomic E-state index is 11.5. The molecule has 1 rings (SSSR count). The van der Waals surface area contributed by atoms with Gasteiger partial charge in [0.25, 0.3) is 0 Å². The number of hydrogen-bond acceptors (Lipinski definition) is 6. The molecule has 92 valence electrons. The molecule has 6 heteroatoms. The fourth-order valence-corrected chi connectivity index (χ4v) is 1.26. The van der Waals surface area contributed by atoms with Crippen LogP contribution in [0, 0.1) is 0 Å². The van der Waals surface area contributed by atoms with Crippen molar-refractivity contribution in [3.63, 3.8) is 0 Å². The Balaban J connectivity index is 3.26. The summed E-state index contributed by atoms with van der Waals surface area (Å²) in [5.74, 6) is -2.05. The lowest BCUT2D eigenvalue weighted by Gasteiger charge is -2.10. The number of ether oxygens (including phenoxy) is 2. The summed E-state index contributed by atoms with van der Waals surface area (Å²) in [7, 11) is 2.60. The monoisotopic (exact) mass is 240 g/mol. The second-order valence-electron chi connectivity index (χ2n) is 3.14. The Morgan fingerprint density at radius 3 is 2.00 bits per heavy atom. The number of hydrogen-bond donors (Lipinski definition) is 2. The summed E-state index contributed by atoms with van der Waals surface area (Å²) in [4.78, 5) is 22.6. The standard InChI is InChI=1S/C11H12O6/c1-16-8-3-6(10(14)7(13)5-12)4-9(17-2)11(8)15/h3-4,12,15H,5H2,1-2H3. The Morgan fingerprint density at radius 1 is 1.18 bits per heavy atom. The zero-order valence-electron chi connectivity index (χ0n) is 9.39. The molecule has 0 aliphatic heterocycles. The van der Waals surface area contributed by atoms with Crippen LogP contribution in [0.1, 0.15) is 10.4 Å². The lowest BCUT2D eigenvalue weighted by atomic mass is 10.1. The van der Waals surface area contributed by atoms with E-state index in [0.717, 1.165) is 0 Å². The minimum atomic E-state index is -0.945. The Hall–Kier alpha value is -2.08. The first kappa shape index (κ1) is 13.0. The Bertz CT molecular complexity index is 426. The van der Waals surface area contributed by atoms with Gasteiger partial charge in [-0.2, -0.15) is 0 Å². The van der Waals surface area contributed by atoms with E-state index in [-0.39, 0.29) is 22.8 Å². The molecule has 0 radical (unpaired) electrons. The van der Waals surface area contributed by atoms with Gasteiger partial charge in [0.15, 0.2) is 11.5 Å². The summed E-state index contributed by atoms with van der Waals surface area (Å²) < 4.78 is 9.67. The molecule has 0 spiro atoms. The molecule has 0 aromatic heterocycles. The number of Topliss-reactive ketones (excluding diaryl/α,β-unsaturated/α-hetero) is 2. The molecule has 0 unspecified atom stereocenters. The number of rotatable bonds is 5. The number of benzene rings is 1. The predicted molar refractivity (Wildman–Crippen MR) is 57.6 cm³/mol. The van der Waals surface area contributed by atoms with Crippen LogP contribution in [0.25, 0.3) is 0 Å². The van der Waals surface area contributed by atoms with Crippen LogP contribution < -0.4 is 9.47 Å². The number of carbonyl (C=O) groups is 2. The lowest BCUT2D eigenvalue weighted by Crippen LogP contribution is -2.17. The highest BCUT2D eigenvalue weighted by atomic mass is 16.5. The van der Waals surface area contributed by atoms with Gasteiger partial charge in [0.1, 0.15) is 6.61 Å². The zero-order chi connectivity index (χ0) is 13.0. The maximum absolute atomic E-state index is 11.5. The van der Waals surface area contributed by atoms with Crippen molar-refractivity contribution in [2.24, 2.45) is 0 Å². The Kier molecular flexibility index (Phi) is 4.06. The van der Waals surface area contributed by atoms with E-state index in [9.17, 15) is 14.7 Å². The molecule has 0 aliphatic rings. The minimum absolute atomic E-state index is 0.0124. The summed E-state index contributed by atoms with van der Waals surface area (Å²) in [6, 6.07) is 2.40. The molecule has 0 bridgehead atoms. The zero-order valence-corrected chi connectivity index (χ0v) is 9.39. The molecule has 0 heterocycles. The van der Waals surface area contributed by atoms with E-state index in [1.807, 2.05) is 0 Å². The smallest absolute Gasteiger partial charge is 0.231 e. The van der Waals surface area contributed by atoms with Gasteiger partial charge in [-0.3, -0.25) is 9.59 Å². The molecule has 0 amide bonds. The number of ketones is 2. The molecular formula is C11H12O6. The first-order chi connectivity index (χ1) is 8.04. The maximum Gasteiger partial charge on any atom is 0.231 e. The van der Waals surface area contributed by atoms with E-state index in [4.69, 9.17) is 14.6 Å². The van der Waals surface area contributed by atoms with Crippen LogP contribution >= 0.6 is 0 Å². The van der Waals surface area contributed by atoms with Crippen molar-refractivity contribution in [2.45, 2.75) is 0 Å². The fourth-order valence-electron chi connectivity index (χ4n) is 1.26. The highest BCUT2D eigenvalue weighted by Crippen LogP contribution is 2.37. The molecule has 1 aromatic carbocycles. The molecular weight excluding hydrogens is 228 g/mol. The topological polar surface area (TPSA) is 93.1 Å². The normalized spacial score (nSPS) is 9.82. The van der Waals surface area contributed by atoms with E-state index < -0.39 is 18.2 Å². The van der Waals surface area contributed by atoms with Crippen LogP contribution in [0.2, 0.25) is 0 Å². The molecule has 1 aromatic rings. The number of phenolic OH excluding ortho intramolecular Hbond substituents is 1. The van der Waals surface area contributed by atoms with Gasteiger partial charge >= 0.3 is 0 Å². The van der Waals surface area contributed by atoms with Gasteiger partial charge in [0.05, 0.1) is 14.2 Å². The summed E-state index contributed by atoms with van der Waals surface area (Å²) in [5, 5.41) is 18.2. The first-order valence-electron chi connectivity index (χ1n) is 4.68. The summed E-state index contributed by atoms with van der Waals surface area (Å²) in [6.45, 7) is -0.871. The van der Waals surface area contributed by atoms with E-state index in [1.165, 1.54) is 26.4 Å². The second-order valence-corrected chi connectivity index (χ2v) is 3.14. The van der Waals surface area contributed by atoms with Crippen LogP contribution in [-0.2, 0) is 4.79 Å². The van der Waals surface area contributed by atoms with Crippen LogP contribution in [0.5, 0.6) is 17.2 Å². The van der Waals surface area contributed by atoms with Gasteiger partial charge in [0, 0.05) is 5.56 Å². The highest BCUT2D eigenvalue weighted by molar-refractivity contribution is 6.44. The van der Waals surface area contributed by atoms with Crippen molar-refractivity contribution < 1.29 is 29.3 Å². The third-order valence-corrected chi connectivity index (χ3v) is 2.14. The average molecular weight is 240 g/mol. The largest absolute Gasteiger partial charge is 0.502 e. The van der Waals surface area contributed by atoms with Crippen LogP contribution in [0.4, 0.5) is 0 Å². The van der Waals surface area contributed by atoms with Crippen molar-refractivity contribution in [2.75, 3.05) is 20.8 Å². The average Bonchev–Trinajstić information content (AvgIpc) is 2.37. The van der Waals surface area contributed by atoms with Crippen LogP contribution in [-0.4, -0.2) is 42.6 Å². The SMILES string of the molecule is COc1cc(C(=O)C(=O)CO)cc(OC)c1O. The van der Waals surface area contributed by atoms with Crippen molar-refractivity contribution in [1.29, 1.82) is 0 Å². The van der Waals surface area contributed by atoms with Gasteiger partial charge < -0.3 is 19.7 Å². The fraction of sp³-hybridized carbons (Fsp3) is 0.273. The van der Waals surface area contributed by atoms with Gasteiger partial charge in [-0.15, -0.1) is 0 Å². The number of aromatic hydroxyl groups is 1. The van der Waals surface area contributed by atoms with Gasteiger partial charge in [0.2, 0.25) is 17.3 Å². The van der Waals surface area contributed by atoms with Crippen molar-refractivity contribution >= 4 is 11.6 Å². The number of phenols is 1. The van der Waals surface area contributed by atoms with E-state index >= 15 is 0 Å². The molecule has 0 fully saturated rings. The molecule has 2 N–H and O–H groups in total. The molecule has 0 atom stereocenters. The van der Waals surface area contributed by atoms with Crippen LogP contribution in [0.15, 0.2) is 12.1 Å². The van der Waals surface area contributed by atoms with E-state index in [1.54, 1.807) is 0 Å². The van der Waals surface area contributed by atoms with Crippen molar-refractivity contribution in [1.82, 2.24) is 0 Å². The number of methoxy groups -OCH3 is 2. The lowest BCUT2D eigenvalue weighted by molar-refractivity contribution is -0.117. The first-order valence-corrected chi connectivity index (χ1v) is 4.68.